The van der Waals surface area contributed by atoms with E-state index in [-0.39, 0.29) is 69.5 Å². The average Bonchev–Trinajstić information content (AvgIpc) is 0.798. The maximum Gasteiger partial charge on any atom is 0.323 e. The van der Waals surface area contributed by atoms with E-state index in [2.05, 4.69) is 44.3 Å². The van der Waals surface area contributed by atoms with E-state index in [0.29, 0.717) is 44.2 Å². The molecule has 598 valence electrons. The van der Waals surface area contributed by atoms with Crippen LogP contribution >= 0.6 is 0 Å². The van der Waals surface area contributed by atoms with Crippen molar-refractivity contribution in [2.45, 2.75) is 356 Å². The molecule has 0 radical (unpaired) electrons. The lowest BCUT2D eigenvalue weighted by Gasteiger charge is -2.28. The number of rotatable bonds is 52. The zero-order valence-corrected chi connectivity index (χ0v) is 65.5. The number of carbonyl (C=O) groups is 8. The Morgan fingerprint density at radius 2 is 0.705 bits per heavy atom. The number of carboxylic acids is 2. The molecule has 0 fully saturated rings. The van der Waals surface area contributed by atoms with Crippen LogP contribution in [0.4, 0.5) is 22.0 Å². The third kappa shape index (κ3) is 54.4. The number of hydrogen-bond acceptors (Lipinski definition) is 15. The van der Waals surface area contributed by atoms with Gasteiger partial charge in [-0.1, -0.05) is 222 Å². The molecule has 3 aromatic carbocycles. The molecule has 17 nitrogen and oxygen atoms in total. The highest BCUT2D eigenvalue weighted by molar-refractivity contribution is 5.85. The normalized spacial score (nSPS) is 11.8. The Kier molecular flexibility index (Phi) is 55.4. The molecule has 0 unspecified atom stereocenters. The molecule has 0 aliphatic carbocycles. The first-order valence-corrected chi connectivity index (χ1v) is 38.7. The summed E-state index contributed by atoms with van der Waals surface area (Å²) >= 11 is 0. The van der Waals surface area contributed by atoms with Crippen LogP contribution < -0.4 is 10.5 Å². The topological polar surface area (TPSA) is 252 Å². The van der Waals surface area contributed by atoms with Gasteiger partial charge in [-0.15, -0.1) is 0 Å². The van der Waals surface area contributed by atoms with Gasteiger partial charge in [0.2, 0.25) is 34.8 Å². The van der Waals surface area contributed by atoms with Crippen molar-refractivity contribution < 1.29 is 94.2 Å². The molecule has 0 saturated carbocycles. The molecule has 0 amide bonds. The van der Waals surface area contributed by atoms with Crippen LogP contribution in [0, 0.1) is 35.0 Å². The van der Waals surface area contributed by atoms with Crippen LogP contribution in [-0.4, -0.2) is 98.6 Å². The van der Waals surface area contributed by atoms with Crippen LogP contribution in [0.25, 0.3) is 0 Å². The highest BCUT2D eigenvalue weighted by Gasteiger charge is 2.29. The second kappa shape index (κ2) is 59.3. The average molecular weight is 1490 g/mol. The molecule has 0 saturated heterocycles. The first kappa shape index (κ1) is 98.2. The molecule has 0 aliphatic heterocycles. The van der Waals surface area contributed by atoms with Crippen LogP contribution in [0.1, 0.15) is 325 Å². The maximum absolute atomic E-state index is 13.5. The van der Waals surface area contributed by atoms with Gasteiger partial charge < -0.3 is 39.6 Å². The van der Waals surface area contributed by atoms with E-state index in [9.17, 15) is 60.3 Å². The molecule has 3 rings (SSSR count). The number of Topliss-reactive ketones (excluding diaryl/α,β-unsaturated/α-hetero) is 1. The number of ketones is 1. The van der Waals surface area contributed by atoms with Crippen molar-refractivity contribution in [1.29, 1.82) is 0 Å². The lowest BCUT2D eigenvalue weighted by Crippen LogP contribution is -2.36. The second-order valence-corrected chi connectivity index (χ2v) is 29.6. The molecule has 3 aromatic rings. The minimum Gasteiger partial charge on any atom is -0.481 e. The smallest absolute Gasteiger partial charge is 0.323 e. The molecule has 0 aliphatic rings. The third-order valence-electron chi connectivity index (χ3n) is 16.9. The number of carbonyl (C=O) groups excluding carboxylic acids is 6. The molecule has 105 heavy (non-hydrogen) atoms. The minimum absolute atomic E-state index is 0.00471. The van der Waals surface area contributed by atoms with Gasteiger partial charge in [0.15, 0.2) is 0 Å². The van der Waals surface area contributed by atoms with Crippen LogP contribution in [0.15, 0.2) is 60.7 Å². The van der Waals surface area contributed by atoms with Gasteiger partial charge >= 0.3 is 41.8 Å². The summed E-state index contributed by atoms with van der Waals surface area (Å²) in [4.78, 5) is 95.3. The molecule has 2 atom stereocenters. The highest BCUT2D eigenvalue weighted by atomic mass is 19.2. The summed E-state index contributed by atoms with van der Waals surface area (Å²) in [5, 5.41) is 17.5. The van der Waals surface area contributed by atoms with Crippen LogP contribution in [0.5, 0.6) is 5.75 Å². The third-order valence-corrected chi connectivity index (χ3v) is 16.9. The standard InChI is InChI=1S/C35H56O7.C28H41F5O4.C12H15NO4.C8H19N/c1-35(2,3)42-33(39)24-20-15-13-11-9-7-5-4-6-8-10-12-14-19-23-31(36)27-30(25-26-32(37)38)34(40)41-28-29-21-17-16-18-22-29;1-28(2,3)37-21(35)19-17-15-13-11-9-7-5-4-6-8-10-12-14-16-18-20(34)36-27-25(32)23(30)22(29)24(31)26(27)33;13-10(6-7-11(14)15)12(16)17-8-9-4-2-1-3-5-9;1-6-9(7(2)3)8(4)5/h16-18,21-22,30H,4-15,19-20,23-28H2,1-3H3,(H,37,38);4-19H2,1-3H3;1-5,10H,6-8,13H2,(H,14,15);7-8H,6H2,1-5H3/t30-;;10-;/m1.0./s1. The van der Waals surface area contributed by atoms with Crippen LogP contribution in [0.2, 0.25) is 0 Å². The van der Waals surface area contributed by atoms with Gasteiger partial charge in [0.05, 0.1) is 5.92 Å². The minimum atomic E-state index is -2.29. The zero-order valence-electron chi connectivity index (χ0n) is 65.5. The molecule has 0 aromatic heterocycles. The van der Waals surface area contributed by atoms with Crippen molar-refractivity contribution in [2.75, 3.05) is 6.54 Å². The monoisotopic (exact) mass is 1490 g/mol. The van der Waals surface area contributed by atoms with Gasteiger partial charge in [0, 0.05) is 57.0 Å². The lowest BCUT2D eigenvalue weighted by atomic mass is 9.94. The Balaban J connectivity index is 0.00000155. The largest absolute Gasteiger partial charge is 0.481 e. The SMILES string of the molecule is CC(C)(C)OC(=O)CCCCCCCCCCCCCCCCC(=O)C[C@@H](CCC(=O)O)C(=O)OCc1ccccc1.CC(C)(C)OC(=O)CCCCCCCCCCCCCCCCC(=O)Oc1c(F)c(F)c(F)c(F)c1F.CCN(C(C)C)C(C)C.N[C@@H](CCC(=O)O)C(=O)OCc1ccccc1. The Morgan fingerprint density at radius 3 is 1.01 bits per heavy atom. The summed E-state index contributed by atoms with van der Waals surface area (Å²) in [6, 6.07) is 19.0. The van der Waals surface area contributed by atoms with Crippen molar-refractivity contribution in [3.8, 4) is 5.75 Å². The van der Waals surface area contributed by atoms with E-state index in [4.69, 9.17) is 34.9 Å². The van der Waals surface area contributed by atoms with Crippen molar-refractivity contribution in [3.63, 3.8) is 0 Å². The summed E-state index contributed by atoms with van der Waals surface area (Å²) in [6.07, 6.45) is 31.6. The Morgan fingerprint density at radius 1 is 0.410 bits per heavy atom. The predicted octanol–water partition coefficient (Wildman–Crippen LogP) is 20.7. The molecular formula is C83H131F5N2O15. The summed E-state index contributed by atoms with van der Waals surface area (Å²) in [7, 11) is 0. The van der Waals surface area contributed by atoms with Crippen LogP contribution in [0.3, 0.4) is 0 Å². The molecule has 0 bridgehead atoms. The predicted molar refractivity (Wildman–Crippen MR) is 401 cm³/mol. The van der Waals surface area contributed by atoms with Gasteiger partial charge in [0.25, 0.3) is 0 Å². The van der Waals surface area contributed by atoms with Crippen molar-refractivity contribution in [3.05, 3.63) is 101 Å². The number of ether oxygens (including phenoxy) is 5. The lowest BCUT2D eigenvalue weighted by molar-refractivity contribution is -0.156. The summed E-state index contributed by atoms with van der Waals surface area (Å²) in [5.41, 5.74) is 6.41. The first-order valence-electron chi connectivity index (χ1n) is 38.7. The van der Waals surface area contributed by atoms with Gasteiger partial charge in [-0.25, -0.2) is 13.2 Å². The Bertz CT molecular complexity index is 2830. The summed E-state index contributed by atoms with van der Waals surface area (Å²) in [5.74, 6) is -17.4. The van der Waals surface area contributed by atoms with Crippen molar-refractivity contribution >= 4 is 47.6 Å². The van der Waals surface area contributed by atoms with E-state index in [1.807, 2.05) is 102 Å². The number of unbranched alkanes of at least 4 members (excludes halogenated alkanes) is 26. The fourth-order valence-corrected chi connectivity index (χ4v) is 11.4. The number of halogens is 5. The second-order valence-electron chi connectivity index (χ2n) is 29.6. The number of benzene rings is 3. The molecular weight excluding hydrogens is 1360 g/mol. The van der Waals surface area contributed by atoms with E-state index in [1.54, 1.807) is 0 Å². The Labute approximate surface area is 625 Å². The number of hydrogen-bond donors (Lipinski definition) is 3. The zero-order chi connectivity index (χ0) is 79.0. The first-order chi connectivity index (χ1) is 49.7. The fourth-order valence-electron chi connectivity index (χ4n) is 11.4. The van der Waals surface area contributed by atoms with Crippen molar-refractivity contribution in [2.24, 2.45) is 11.7 Å². The number of nitrogens with zero attached hydrogens (tertiary/aromatic N) is 1. The van der Waals surface area contributed by atoms with Gasteiger partial charge in [-0.2, -0.15) is 8.78 Å². The van der Waals surface area contributed by atoms with Crippen molar-refractivity contribution in [1.82, 2.24) is 4.90 Å². The van der Waals surface area contributed by atoms with Gasteiger partial charge in [-0.05, 0) is 125 Å². The molecule has 22 heteroatoms. The summed E-state index contributed by atoms with van der Waals surface area (Å²) in [6.45, 7) is 23.9. The number of aliphatic carboxylic acids is 2. The number of esters is 5. The number of carboxylic acid groups (broad SMARTS) is 2. The highest BCUT2D eigenvalue weighted by Crippen LogP contribution is 2.30. The van der Waals surface area contributed by atoms with E-state index in [1.165, 1.54) is 89.9 Å². The van der Waals surface area contributed by atoms with Gasteiger partial charge in [0.1, 0.15) is 36.2 Å². The number of nitrogens with two attached hydrogens (primary N) is 1. The fraction of sp³-hybridized carbons (Fsp3) is 0.687. The summed E-state index contributed by atoms with van der Waals surface area (Å²) < 4.78 is 91.7. The molecule has 0 heterocycles. The molecule has 0 spiro atoms. The van der Waals surface area contributed by atoms with E-state index < -0.39 is 87.8 Å². The molecule has 4 N–H and O–H groups in total. The van der Waals surface area contributed by atoms with Gasteiger partial charge in [-0.3, -0.25) is 43.3 Å². The Hall–Kier alpha value is -6.81. The van der Waals surface area contributed by atoms with E-state index >= 15 is 0 Å². The van der Waals surface area contributed by atoms with Crippen LogP contribution in [-0.2, 0) is 70.5 Å². The quantitative estimate of drug-likeness (QED) is 0.00903. The maximum atomic E-state index is 13.5. The van der Waals surface area contributed by atoms with E-state index in [0.717, 1.165) is 94.7 Å².